The molecule has 5 nitrogen and oxygen atoms in total. The Labute approximate surface area is 210 Å². The molecule has 0 atom stereocenters. The minimum atomic E-state index is -0.919. The molecule has 1 N–H and O–H groups in total. The summed E-state index contributed by atoms with van der Waals surface area (Å²) in [5, 5.41) is 9.53. The number of carboxylic acids is 1. The summed E-state index contributed by atoms with van der Waals surface area (Å²) in [6.07, 6.45) is 1.91. The number of ether oxygens (including phenoxy) is 1. The van der Waals surface area contributed by atoms with Gasteiger partial charge in [-0.2, -0.15) is 0 Å². The van der Waals surface area contributed by atoms with Crippen LogP contribution < -0.4 is 4.74 Å². The lowest BCUT2D eigenvalue weighted by Gasteiger charge is -2.11. The van der Waals surface area contributed by atoms with E-state index in [2.05, 4.69) is 54.0 Å². The fourth-order valence-electron chi connectivity index (χ4n) is 4.63. The van der Waals surface area contributed by atoms with Crippen molar-refractivity contribution in [1.29, 1.82) is 0 Å². The van der Waals surface area contributed by atoms with E-state index in [1.54, 1.807) is 19.2 Å². The molecule has 0 bridgehead atoms. The second-order valence-corrected chi connectivity index (χ2v) is 8.84. The van der Waals surface area contributed by atoms with Gasteiger partial charge in [-0.25, -0.2) is 9.78 Å². The summed E-state index contributed by atoms with van der Waals surface area (Å²) >= 11 is 0. The summed E-state index contributed by atoms with van der Waals surface area (Å²) in [5.41, 5.74) is 7.41. The number of aryl methyl sites for hydroxylation is 1. The predicted octanol–water partition coefficient (Wildman–Crippen LogP) is 7.08. The quantitative estimate of drug-likeness (QED) is 0.260. The van der Waals surface area contributed by atoms with E-state index in [1.165, 1.54) is 0 Å². The van der Waals surface area contributed by atoms with Crippen LogP contribution in [0.5, 0.6) is 5.75 Å². The highest BCUT2D eigenvalue weighted by Gasteiger charge is 2.14. The van der Waals surface area contributed by atoms with Crippen molar-refractivity contribution in [2.24, 2.45) is 0 Å². The monoisotopic (exact) mass is 476 g/mol. The van der Waals surface area contributed by atoms with Crippen LogP contribution in [0.2, 0.25) is 0 Å². The Morgan fingerprint density at radius 2 is 1.58 bits per heavy atom. The number of imidazole rings is 1. The summed E-state index contributed by atoms with van der Waals surface area (Å²) in [6, 6.07) is 29.8. The van der Waals surface area contributed by atoms with E-state index >= 15 is 0 Å². The third-order valence-electron chi connectivity index (χ3n) is 6.49. The van der Waals surface area contributed by atoms with E-state index in [0.717, 1.165) is 63.3 Å². The summed E-state index contributed by atoms with van der Waals surface area (Å²) in [5.74, 6) is 0.990. The second kappa shape index (κ2) is 10.1. The summed E-state index contributed by atoms with van der Waals surface area (Å²) < 4.78 is 7.57. The number of fused-ring (bicyclic) bond motifs is 1. The van der Waals surface area contributed by atoms with Gasteiger partial charge in [0.2, 0.25) is 0 Å². The van der Waals surface area contributed by atoms with E-state index < -0.39 is 5.97 Å². The molecule has 0 aliphatic carbocycles. The predicted molar refractivity (Wildman–Crippen MR) is 144 cm³/mol. The number of methoxy groups -OCH3 is 1. The van der Waals surface area contributed by atoms with Gasteiger partial charge in [0.1, 0.15) is 11.6 Å². The molecule has 36 heavy (non-hydrogen) atoms. The lowest BCUT2D eigenvalue weighted by Crippen LogP contribution is -2.05. The standard InChI is InChI=1S/C31H28N2O3/c1-3-6-30-32-28-19-24(22-13-16-25(36-2)17-14-22)15-18-29(28)33(30)20-21-9-11-23(12-10-21)26-7-4-5-8-27(26)31(34)35/h4-5,7-19H,3,6,20H2,1-2H3,(H,34,35). The highest BCUT2D eigenvalue weighted by Crippen LogP contribution is 2.29. The molecule has 0 saturated carbocycles. The van der Waals surface area contributed by atoms with Crippen LogP contribution in [-0.2, 0) is 13.0 Å². The lowest BCUT2D eigenvalue weighted by atomic mass is 9.98. The Kier molecular flexibility index (Phi) is 6.54. The average Bonchev–Trinajstić information content (AvgIpc) is 3.25. The van der Waals surface area contributed by atoms with Gasteiger partial charge in [0.15, 0.2) is 0 Å². The molecule has 0 radical (unpaired) electrons. The molecule has 5 heteroatoms. The molecule has 5 aromatic rings. The number of carbonyl (C=O) groups is 1. The van der Waals surface area contributed by atoms with Gasteiger partial charge in [0.25, 0.3) is 0 Å². The fraction of sp³-hybridized carbons (Fsp3) is 0.161. The van der Waals surface area contributed by atoms with E-state index in [9.17, 15) is 9.90 Å². The Morgan fingerprint density at radius 3 is 2.28 bits per heavy atom. The van der Waals surface area contributed by atoms with E-state index in [4.69, 9.17) is 9.72 Å². The van der Waals surface area contributed by atoms with Gasteiger partial charge in [0.05, 0.1) is 23.7 Å². The third kappa shape index (κ3) is 4.60. The van der Waals surface area contributed by atoms with Crippen LogP contribution in [0.25, 0.3) is 33.3 Å². The van der Waals surface area contributed by atoms with Gasteiger partial charge in [-0.3, -0.25) is 0 Å². The summed E-state index contributed by atoms with van der Waals surface area (Å²) in [6.45, 7) is 2.87. The molecular weight excluding hydrogens is 448 g/mol. The number of aromatic nitrogens is 2. The molecule has 0 fully saturated rings. The highest BCUT2D eigenvalue weighted by atomic mass is 16.5. The number of nitrogens with zero attached hydrogens (tertiary/aromatic N) is 2. The van der Waals surface area contributed by atoms with Crippen LogP contribution in [0, 0.1) is 0 Å². The molecule has 180 valence electrons. The van der Waals surface area contributed by atoms with Gasteiger partial charge in [-0.15, -0.1) is 0 Å². The van der Waals surface area contributed by atoms with Gasteiger partial charge in [-0.1, -0.05) is 67.6 Å². The van der Waals surface area contributed by atoms with Crippen molar-refractivity contribution >= 4 is 17.0 Å². The first-order valence-corrected chi connectivity index (χ1v) is 12.1. The average molecular weight is 477 g/mol. The van der Waals surface area contributed by atoms with Crippen LogP contribution in [0.4, 0.5) is 0 Å². The van der Waals surface area contributed by atoms with Crippen molar-refractivity contribution < 1.29 is 14.6 Å². The number of benzene rings is 4. The third-order valence-corrected chi connectivity index (χ3v) is 6.49. The van der Waals surface area contributed by atoms with E-state index in [0.29, 0.717) is 12.1 Å². The maximum absolute atomic E-state index is 11.6. The number of hydrogen-bond donors (Lipinski definition) is 1. The zero-order valence-corrected chi connectivity index (χ0v) is 20.4. The first-order chi connectivity index (χ1) is 17.6. The molecule has 0 aliphatic heterocycles. The summed E-state index contributed by atoms with van der Waals surface area (Å²) in [4.78, 5) is 16.6. The molecule has 1 aromatic heterocycles. The van der Waals surface area contributed by atoms with Crippen LogP contribution >= 0.6 is 0 Å². The smallest absolute Gasteiger partial charge is 0.336 e. The van der Waals surface area contributed by atoms with Gasteiger partial charge in [-0.05, 0) is 64.6 Å². The molecule has 0 spiro atoms. The second-order valence-electron chi connectivity index (χ2n) is 8.84. The largest absolute Gasteiger partial charge is 0.497 e. The van der Waals surface area contributed by atoms with Crippen LogP contribution in [0.15, 0.2) is 91.0 Å². The lowest BCUT2D eigenvalue weighted by molar-refractivity contribution is 0.0697. The van der Waals surface area contributed by atoms with Crippen molar-refractivity contribution in [1.82, 2.24) is 9.55 Å². The molecular formula is C31H28N2O3. The molecule has 5 rings (SSSR count). The van der Waals surface area contributed by atoms with Crippen LogP contribution in [-0.4, -0.2) is 27.7 Å². The van der Waals surface area contributed by atoms with E-state index in [-0.39, 0.29) is 0 Å². The van der Waals surface area contributed by atoms with Gasteiger partial charge >= 0.3 is 5.97 Å². The zero-order valence-electron chi connectivity index (χ0n) is 20.4. The maximum atomic E-state index is 11.6. The number of rotatable bonds is 8. The Balaban J connectivity index is 1.47. The van der Waals surface area contributed by atoms with Crippen molar-refractivity contribution in [2.75, 3.05) is 7.11 Å². The molecule has 1 heterocycles. The highest BCUT2D eigenvalue weighted by molar-refractivity contribution is 5.96. The number of carboxylic acid groups (broad SMARTS) is 1. The molecule has 0 saturated heterocycles. The van der Waals surface area contributed by atoms with Crippen molar-refractivity contribution in [3.8, 4) is 28.0 Å². The van der Waals surface area contributed by atoms with E-state index in [1.807, 2.05) is 36.4 Å². The normalized spacial score (nSPS) is 11.1. The van der Waals surface area contributed by atoms with Crippen LogP contribution in [0.1, 0.15) is 35.1 Å². The minimum Gasteiger partial charge on any atom is -0.497 e. The van der Waals surface area contributed by atoms with Gasteiger partial charge in [0, 0.05) is 13.0 Å². The molecule has 4 aromatic carbocycles. The molecule has 0 aliphatic rings. The van der Waals surface area contributed by atoms with Crippen LogP contribution in [0.3, 0.4) is 0 Å². The zero-order chi connectivity index (χ0) is 25.1. The molecule has 0 amide bonds. The maximum Gasteiger partial charge on any atom is 0.336 e. The van der Waals surface area contributed by atoms with Crippen molar-refractivity contribution in [2.45, 2.75) is 26.3 Å². The van der Waals surface area contributed by atoms with Crippen molar-refractivity contribution in [3.05, 3.63) is 108 Å². The Bertz CT molecular complexity index is 1520. The summed E-state index contributed by atoms with van der Waals surface area (Å²) in [7, 11) is 1.67. The minimum absolute atomic E-state index is 0.309. The molecule has 0 unspecified atom stereocenters. The van der Waals surface area contributed by atoms with Crippen molar-refractivity contribution in [3.63, 3.8) is 0 Å². The Morgan fingerprint density at radius 1 is 0.889 bits per heavy atom. The SMILES string of the molecule is CCCc1nc2cc(-c3ccc(OC)cc3)ccc2n1Cc1ccc(-c2ccccc2C(=O)O)cc1. The number of aromatic carboxylic acids is 1. The topological polar surface area (TPSA) is 64.4 Å². The first kappa shape index (κ1) is 23.4. The number of hydrogen-bond acceptors (Lipinski definition) is 3. The van der Waals surface area contributed by atoms with Gasteiger partial charge < -0.3 is 14.4 Å². The first-order valence-electron chi connectivity index (χ1n) is 12.1. The fourth-order valence-corrected chi connectivity index (χ4v) is 4.63. The Hall–Kier alpha value is -4.38.